The first kappa shape index (κ1) is 14.3. The molecule has 0 spiro atoms. The van der Waals surface area contributed by atoms with Gasteiger partial charge in [0.2, 0.25) is 0 Å². The summed E-state index contributed by atoms with van der Waals surface area (Å²) in [6.45, 7) is 3.64. The van der Waals surface area contributed by atoms with Crippen molar-refractivity contribution in [1.29, 1.82) is 0 Å². The molecule has 0 aliphatic rings. The Morgan fingerprint density at radius 1 is 1.53 bits per heavy atom. The molecular formula is C13H16BrN3OS. The summed E-state index contributed by atoms with van der Waals surface area (Å²) in [6.07, 6.45) is 7.53. The third-order valence-electron chi connectivity index (χ3n) is 2.77. The predicted octanol–water partition coefficient (Wildman–Crippen LogP) is 3.23. The van der Waals surface area contributed by atoms with E-state index in [1.165, 1.54) is 11.3 Å². The number of nitrogens with one attached hydrogen (secondary N) is 1. The van der Waals surface area contributed by atoms with Crippen LogP contribution in [0.25, 0.3) is 0 Å². The van der Waals surface area contributed by atoms with Crippen LogP contribution in [0, 0.1) is 6.92 Å². The molecule has 6 heteroatoms. The smallest absolute Gasteiger partial charge is 0.261 e. The van der Waals surface area contributed by atoms with Crippen molar-refractivity contribution in [3.8, 4) is 0 Å². The maximum Gasteiger partial charge on any atom is 0.261 e. The highest BCUT2D eigenvalue weighted by Gasteiger charge is 2.10. The number of carbonyl (C=O) groups is 1. The highest BCUT2D eigenvalue weighted by molar-refractivity contribution is 9.11. The fourth-order valence-electron chi connectivity index (χ4n) is 1.70. The second-order valence-corrected chi connectivity index (χ2v) is 6.70. The van der Waals surface area contributed by atoms with Crippen LogP contribution >= 0.6 is 27.3 Å². The minimum atomic E-state index is 0.0152. The zero-order chi connectivity index (χ0) is 13.7. The Bertz CT molecular complexity index is 517. The molecule has 1 N–H and O–H groups in total. The number of carbonyl (C=O) groups excluding carboxylic acids is 1. The summed E-state index contributed by atoms with van der Waals surface area (Å²) in [5, 5.41) is 2.95. The fourth-order valence-corrected chi connectivity index (χ4v) is 3.15. The molecule has 0 bridgehead atoms. The Labute approximate surface area is 125 Å². The number of nitrogens with zero attached hydrogens (tertiary/aromatic N) is 2. The zero-order valence-electron chi connectivity index (χ0n) is 10.7. The third-order valence-corrected chi connectivity index (χ3v) is 4.90. The number of hydrogen-bond donors (Lipinski definition) is 1. The molecule has 2 rings (SSSR count). The normalized spacial score (nSPS) is 10.6. The van der Waals surface area contributed by atoms with E-state index in [4.69, 9.17) is 0 Å². The van der Waals surface area contributed by atoms with Gasteiger partial charge in [-0.25, -0.2) is 4.98 Å². The average molecular weight is 342 g/mol. The summed E-state index contributed by atoms with van der Waals surface area (Å²) in [4.78, 5) is 16.6. The lowest BCUT2D eigenvalue weighted by Crippen LogP contribution is -2.23. The maximum absolute atomic E-state index is 11.9. The molecule has 0 aliphatic heterocycles. The van der Waals surface area contributed by atoms with E-state index >= 15 is 0 Å². The van der Waals surface area contributed by atoms with Gasteiger partial charge in [-0.05, 0) is 47.3 Å². The average Bonchev–Trinajstić information content (AvgIpc) is 3.00. The molecule has 0 unspecified atom stereocenters. The van der Waals surface area contributed by atoms with Crippen molar-refractivity contribution >= 4 is 33.2 Å². The molecule has 0 aromatic carbocycles. The lowest BCUT2D eigenvalue weighted by atomic mass is 10.3. The van der Waals surface area contributed by atoms with Crippen molar-refractivity contribution in [2.45, 2.75) is 26.3 Å². The van der Waals surface area contributed by atoms with E-state index in [2.05, 4.69) is 26.2 Å². The van der Waals surface area contributed by atoms with E-state index in [9.17, 15) is 4.79 Å². The van der Waals surface area contributed by atoms with E-state index in [0.717, 1.165) is 33.6 Å². The molecular weight excluding hydrogens is 326 g/mol. The quantitative estimate of drug-likeness (QED) is 0.820. The standard InChI is InChI=1S/C13H16BrN3OS/c1-10-8-11(19-12(10)14)13(18)16-4-2-3-6-17-7-5-15-9-17/h5,7-9H,2-4,6H2,1H3,(H,16,18). The van der Waals surface area contributed by atoms with Gasteiger partial charge in [0.25, 0.3) is 5.91 Å². The van der Waals surface area contributed by atoms with E-state index in [0.29, 0.717) is 6.54 Å². The van der Waals surface area contributed by atoms with Crippen molar-refractivity contribution in [2.24, 2.45) is 0 Å². The van der Waals surface area contributed by atoms with E-state index < -0.39 is 0 Å². The molecule has 0 fully saturated rings. The highest BCUT2D eigenvalue weighted by atomic mass is 79.9. The topological polar surface area (TPSA) is 46.9 Å². The molecule has 2 aromatic heterocycles. The Morgan fingerprint density at radius 3 is 3.00 bits per heavy atom. The summed E-state index contributed by atoms with van der Waals surface area (Å²) in [5.41, 5.74) is 1.11. The molecule has 2 heterocycles. The number of unbranched alkanes of at least 4 members (excludes halogenated alkanes) is 1. The second kappa shape index (κ2) is 6.86. The Hall–Kier alpha value is -1.14. The van der Waals surface area contributed by atoms with Gasteiger partial charge < -0.3 is 9.88 Å². The minimum Gasteiger partial charge on any atom is -0.351 e. The molecule has 4 nitrogen and oxygen atoms in total. The number of imidazole rings is 1. The van der Waals surface area contributed by atoms with Crippen LogP contribution in [-0.2, 0) is 6.54 Å². The van der Waals surface area contributed by atoms with Crippen LogP contribution in [0.2, 0.25) is 0 Å². The number of hydrogen-bond acceptors (Lipinski definition) is 3. The van der Waals surface area contributed by atoms with Gasteiger partial charge in [-0.3, -0.25) is 4.79 Å². The van der Waals surface area contributed by atoms with Gasteiger partial charge in [0.15, 0.2) is 0 Å². The Balaban J connectivity index is 1.66. The molecule has 0 radical (unpaired) electrons. The number of halogens is 1. The van der Waals surface area contributed by atoms with Gasteiger partial charge in [0, 0.05) is 25.5 Å². The van der Waals surface area contributed by atoms with E-state index in [1.807, 2.05) is 30.1 Å². The predicted molar refractivity (Wildman–Crippen MR) is 80.6 cm³/mol. The molecule has 1 amide bonds. The summed E-state index contributed by atoms with van der Waals surface area (Å²) < 4.78 is 3.07. The van der Waals surface area contributed by atoms with Crippen molar-refractivity contribution in [2.75, 3.05) is 6.54 Å². The number of thiophene rings is 1. The van der Waals surface area contributed by atoms with Crippen LogP contribution in [0.4, 0.5) is 0 Å². The second-order valence-electron chi connectivity index (χ2n) is 4.33. The van der Waals surface area contributed by atoms with Gasteiger partial charge in [-0.15, -0.1) is 11.3 Å². The molecule has 102 valence electrons. The zero-order valence-corrected chi connectivity index (χ0v) is 13.1. The van der Waals surface area contributed by atoms with Gasteiger partial charge in [-0.1, -0.05) is 0 Å². The molecule has 19 heavy (non-hydrogen) atoms. The summed E-state index contributed by atoms with van der Waals surface area (Å²) in [7, 11) is 0. The first-order chi connectivity index (χ1) is 9.16. The van der Waals surface area contributed by atoms with Gasteiger partial charge >= 0.3 is 0 Å². The highest BCUT2D eigenvalue weighted by Crippen LogP contribution is 2.27. The Morgan fingerprint density at radius 2 is 2.37 bits per heavy atom. The lowest BCUT2D eigenvalue weighted by Gasteiger charge is -2.04. The number of rotatable bonds is 6. The summed E-state index contributed by atoms with van der Waals surface area (Å²) in [6, 6.07) is 1.91. The van der Waals surface area contributed by atoms with Crippen LogP contribution in [0.1, 0.15) is 28.1 Å². The summed E-state index contributed by atoms with van der Waals surface area (Å²) in [5.74, 6) is 0.0152. The van der Waals surface area contributed by atoms with Crippen molar-refractivity contribution in [3.63, 3.8) is 0 Å². The van der Waals surface area contributed by atoms with E-state index in [-0.39, 0.29) is 5.91 Å². The molecule has 0 saturated carbocycles. The molecule has 2 aromatic rings. The van der Waals surface area contributed by atoms with Crippen LogP contribution in [0.15, 0.2) is 28.6 Å². The van der Waals surface area contributed by atoms with Crippen LogP contribution < -0.4 is 5.32 Å². The number of amides is 1. The van der Waals surface area contributed by atoms with Crippen molar-refractivity contribution < 1.29 is 4.79 Å². The first-order valence-corrected chi connectivity index (χ1v) is 7.77. The minimum absolute atomic E-state index is 0.0152. The molecule has 0 saturated heterocycles. The van der Waals surface area contributed by atoms with Crippen LogP contribution in [0.3, 0.4) is 0 Å². The summed E-state index contributed by atoms with van der Waals surface area (Å²) >= 11 is 4.91. The molecule has 0 aliphatic carbocycles. The van der Waals surface area contributed by atoms with Crippen LogP contribution in [0.5, 0.6) is 0 Å². The Kier molecular flexibility index (Phi) is 5.15. The fraction of sp³-hybridized carbons (Fsp3) is 0.385. The third kappa shape index (κ3) is 4.18. The van der Waals surface area contributed by atoms with Gasteiger partial charge in [-0.2, -0.15) is 0 Å². The monoisotopic (exact) mass is 341 g/mol. The van der Waals surface area contributed by atoms with Crippen LogP contribution in [-0.4, -0.2) is 22.0 Å². The largest absolute Gasteiger partial charge is 0.351 e. The van der Waals surface area contributed by atoms with E-state index in [1.54, 1.807) is 6.20 Å². The van der Waals surface area contributed by atoms with Gasteiger partial charge in [0.1, 0.15) is 0 Å². The SMILES string of the molecule is Cc1cc(C(=O)NCCCCn2ccnc2)sc1Br. The van der Waals surface area contributed by atoms with Gasteiger partial charge in [0.05, 0.1) is 15.0 Å². The lowest BCUT2D eigenvalue weighted by molar-refractivity contribution is 0.0957. The first-order valence-electron chi connectivity index (χ1n) is 6.16. The maximum atomic E-state index is 11.9. The van der Waals surface area contributed by atoms with Crippen molar-refractivity contribution in [1.82, 2.24) is 14.9 Å². The number of aryl methyl sites for hydroxylation is 2. The molecule has 0 atom stereocenters. The van der Waals surface area contributed by atoms with Crippen molar-refractivity contribution in [3.05, 3.63) is 39.0 Å². The number of aromatic nitrogens is 2.